The van der Waals surface area contributed by atoms with E-state index in [1.807, 2.05) is 6.07 Å². The van der Waals surface area contributed by atoms with Crippen LogP contribution in [-0.2, 0) is 11.3 Å². The summed E-state index contributed by atoms with van der Waals surface area (Å²) in [5.41, 5.74) is 1.37. The molecular weight excluding hydrogens is 220 g/mol. The minimum absolute atomic E-state index is 0.0860. The topological polar surface area (TPSA) is 78.4 Å². The molecule has 1 rings (SSSR count). The van der Waals surface area contributed by atoms with Crippen LogP contribution >= 0.6 is 0 Å². The SMILES string of the molecule is CC(=O)NCc1cccc(C(=O)NCCO)c1. The molecule has 0 saturated carbocycles. The quantitative estimate of drug-likeness (QED) is 0.675. The number of carbonyl (C=O) groups is 2. The molecule has 0 fully saturated rings. The lowest BCUT2D eigenvalue weighted by atomic mass is 10.1. The molecule has 0 aliphatic carbocycles. The van der Waals surface area contributed by atoms with Crippen molar-refractivity contribution in [3.8, 4) is 0 Å². The molecule has 0 radical (unpaired) electrons. The van der Waals surface area contributed by atoms with Gasteiger partial charge in [0.1, 0.15) is 0 Å². The van der Waals surface area contributed by atoms with Gasteiger partial charge in [-0.25, -0.2) is 0 Å². The van der Waals surface area contributed by atoms with Gasteiger partial charge < -0.3 is 15.7 Å². The van der Waals surface area contributed by atoms with Crippen LogP contribution in [0.5, 0.6) is 0 Å². The Bertz CT molecular complexity index is 404. The van der Waals surface area contributed by atoms with Crippen LogP contribution in [0, 0.1) is 0 Å². The second-order valence-electron chi connectivity index (χ2n) is 3.59. The van der Waals surface area contributed by atoms with Crippen molar-refractivity contribution in [2.75, 3.05) is 13.2 Å². The summed E-state index contributed by atoms with van der Waals surface area (Å²) in [5, 5.41) is 13.8. The number of nitrogens with one attached hydrogen (secondary N) is 2. The van der Waals surface area contributed by atoms with Crippen molar-refractivity contribution >= 4 is 11.8 Å². The number of benzene rings is 1. The zero-order valence-electron chi connectivity index (χ0n) is 9.69. The van der Waals surface area contributed by atoms with E-state index < -0.39 is 0 Å². The number of rotatable bonds is 5. The lowest BCUT2D eigenvalue weighted by Gasteiger charge is -2.06. The molecule has 17 heavy (non-hydrogen) atoms. The number of aliphatic hydroxyl groups is 1. The van der Waals surface area contributed by atoms with Crippen LogP contribution in [0.15, 0.2) is 24.3 Å². The van der Waals surface area contributed by atoms with E-state index >= 15 is 0 Å². The first-order valence-electron chi connectivity index (χ1n) is 5.36. The van der Waals surface area contributed by atoms with E-state index in [0.717, 1.165) is 5.56 Å². The third-order valence-electron chi connectivity index (χ3n) is 2.13. The number of aliphatic hydroxyl groups excluding tert-OH is 1. The van der Waals surface area contributed by atoms with E-state index in [1.165, 1.54) is 6.92 Å². The van der Waals surface area contributed by atoms with Crippen LogP contribution < -0.4 is 10.6 Å². The molecule has 0 heterocycles. The van der Waals surface area contributed by atoms with Crippen molar-refractivity contribution in [1.29, 1.82) is 0 Å². The average Bonchev–Trinajstić information content (AvgIpc) is 2.33. The van der Waals surface area contributed by atoms with E-state index in [4.69, 9.17) is 5.11 Å². The normalized spacial score (nSPS) is 9.76. The van der Waals surface area contributed by atoms with Gasteiger partial charge in [0.25, 0.3) is 5.91 Å². The number of hydrogen-bond donors (Lipinski definition) is 3. The summed E-state index contributed by atoms with van der Waals surface area (Å²) in [5.74, 6) is -0.344. The monoisotopic (exact) mass is 236 g/mol. The van der Waals surface area contributed by atoms with E-state index in [0.29, 0.717) is 12.1 Å². The van der Waals surface area contributed by atoms with Gasteiger partial charge in [0.15, 0.2) is 0 Å². The van der Waals surface area contributed by atoms with Crippen molar-refractivity contribution in [1.82, 2.24) is 10.6 Å². The van der Waals surface area contributed by atoms with E-state index in [2.05, 4.69) is 10.6 Å². The fraction of sp³-hybridized carbons (Fsp3) is 0.333. The van der Waals surface area contributed by atoms with Gasteiger partial charge in [0.2, 0.25) is 5.91 Å². The molecule has 2 amide bonds. The van der Waals surface area contributed by atoms with Gasteiger partial charge >= 0.3 is 0 Å². The molecule has 0 bridgehead atoms. The molecule has 1 aromatic rings. The Kier molecular flexibility index (Phi) is 5.16. The Hall–Kier alpha value is -1.88. The van der Waals surface area contributed by atoms with Crippen molar-refractivity contribution in [2.45, 2.75) is 13.5 Å². The molecule has 0 aliphatic rings. The predicted octanol–water partition coefficient (Wildman–Crippen LogP) is 0.0448. The van der Waals surface area contributed by atoms with Gasteiger partial charge in [-0.15, -0.1) is 0 Å². The van der Waals surface area contributed by atoms with Crippen LogP contribution in [0.4, 0.5) is 0 Å². The number of carbonyl (C=O) groups excluding carboxylic acids is 2. The van der Waals surface area contributed by atoms with Crippen molar-refractivity contribution in [3.63, 3.8) is 0 Å². The summed E-state index contributed by atoms with van der Waals surface area (Å²) >= 11 is 0. The molecule has 0 unspecified atom stereocenters. The van der Waals surface area contributed by atoms with Crippen molar-refractivity contribution in [3.05, 3.63) is 35.4 Å². The van der Waals surface area contributed by atoms with Crippen LogP contribution in [-0.4, -0.2) is 30.1 Å². The Morgan fingerprint density at radius 3 is 2.71 bits per heavy atom. The largest absolute Gasteiger partial charge is 0.395 e. The smallest absolute Gasteiger partial charge is 0.251 e. The van der Waals surface area contributed by atoms with Gasteiger partial charge in [-0.3, -0.25) is 9.59 Å². The van der Waals surface area contributed by atoms with E-state index in [-0.39, 0.29) is 25.0 Å². The second-order valence-corrected chi connectivity index (χ2v) is 3.59. The molecule has 1 aromatic carbocycles. The third kappa shape index (κ3) is 4.65. The minimum atomic E-state index is -0.233. The molecule has 5 heteroatoms. The fourth-order valence-electron chi connectivity index (χ4n) is 1.32. The zero-order chi connectivity index (χ0) is 12.7. The molecule has 5 nitrogen and oxygen atoms in total. The maximum Gasteiger partial charge on any atom is 0.251 e. The maximum absolute atomic E-state index is 11.6. The Morgan fingerprint density at radius 2 is 2.06 bits per heavy atom. The van der Waals surface area contributed by atoms with Crippen LogP contribution in [0.25, 0.3) is 0 Å². The molecule has 0 saturated heterocycles. The van der Waals surface area contributed by atoms with Crippen molar-refractivity contribution in [2.24, 2.45) is 0 Å². The number of hydrogen-bond acceptors (Lipinski definition) is 3. The highest BCUT2D eigenvalue weighted by Crippen LogP contribution is 2.05. The van der Waals surface area contributed by atoms with Crippen LogP contribution in [0.2, 0.25) is 0 Å². The molecule has 3 N–H and O–H groups in total. The Balaban J connectivity index is 2.64. The summed E-state index contributed by atoms with van der Waals surface area (Å²) in [6, 6.07) is 6.98. The van der Waals surface area contributed by atoms with Gasteiger partial charge in [0.05, 0.1) is 6.61 Å². The lowest BCUT2D eigenvalue weighted by Crippen LogP contribution is -2.26. The number of amides is 2. The van der Waals surface area contributed by atoms with E-state index in [1.54, 1.807) is 18.2 Å². The predicted molar refractivity (Wildman–Crippen MR) is 63.4 cm³/mol. The van der Waals surface area contributed by atoms with E-state index in [9.17, 15) is 9.59 Å². The fourth-order valence-corrected chi connectivity index (χ4v) is 1.32. The first-order valence-corrected chi connectivity index (χ1v) is 5.36. The molecule has 0 spiro atoms. The third-order valence-corrected chi connectivity index (χ3v) is 2.13. The van der Waals surface area contributed by atoms with Gasteiger partial charge in [-0.1, -0.05) is 12.1 Å². The minimum Gasteiger partial charge on any atom is -0.395 e. The Morgan fingerprint density at radius 1 is 1.29 bits per heavy atom. The molecule has 0 aliphatic heterocycles. The molecular formula is C12H16N2O3. The first-order chi connectivity index (χ1) is 8.13. The molecule has 92 valence electrons. The Labute approximate surface area is 99.8 Å². The van der Waals surface area contributed by atoms with Crippen LogP contribution in [0.3, 0.4) is 0 Å². The summed E-state index contributed by atoms with van der Waals surface area (Å²) in [6.07, 6.45) is 0. The first kappa shape index (κ1) is 13.2. The zero-order valence-corrected chi connectivity index (χ0v) is 9.69. The molecule has 0 aromatic heterocycles. The summed E-state index contributed by atoms with van der Waals surface area (Å²) in [7, 11) is 0. The highest BCUT2D eigenvalue weighted by atomic mass is 16.3. The van der Waals surface area contributed by atoms with Crippen molar-refractivity contribution < 1.29 is 14.7 Å². The highest BCUT2D eigenvalue weighted by Gasteiger charge is 2.05. The molecule has 0 atom stereocenters. The standard InChI is InChI=1S/C12H16N2O3/c1-9(16)14-8-10-3-2-4-11(7-10)12(17)13-5-6-15/h2-4,7,15H,5-6,8H2,1H3,(H,13,17)(H,14,16). The summed E-state index contributed by atoms with van der Waals surface area (Å²) in [4.78, 5) is 22.3. The van der Waals surface area contributed by atoms with Gasteiger partial charge in [-0.2, -0.15) is 0 Å². The summed E-state index contributed by atoms with van der Waals surface area (Å²) in [6.45, 7) is 1.99. The maximum atomic E-state index is 11.6. The second kappa shape index (κ2) is 6.65. The average molecular weight is 236 g/mol. The summed E-state index contributed by atoms with van der Waals surface area (Å²) < 4.78 is 0. The lowest BCUT2D eigenvalue weighted by molar-refractivity contribution is -0.119. The van der Waals surface area contributed by atoms with Gasteiger partial charge in [0, 0.05) is 25.6 Å². The highest BCUT2D eigenvalue weighted by molar-refractivity contribution is 5.94. The van der Waals surface area contributed by atoms with Crippen LogP contribution in [0.1, 0.15) is 22.8 Å². The van der Waals surface area contributed by atoms with Gasteiger partial charge in [-0.05, 0) is 17.7 Å².